The molecule has 0 spiro atoms. The highest BCUT2D eigenvalue weighted by molar-refractivity contribution is 7.89. The molecule has 2 aromatic carbocycles. The van der Waals surface area contributed by atoms with E-state index in [4.69, 9.17) is 5.26 Å². The minimum absolute atomic E-state index is 0.200. The number of nitrogens with zero attached hydrogens (tertiary/aromatic N) is 2. The fourth-order valence-corrected chi connectivity index (χ4v) is 4.92. The van der Waals surface area contributed by atoms with Crippen LogP contribution in [0.5, 0.6) is 0 Å². The summed E-state index contributed by atoms with van der Waals surface area (Å²) < 4.78 is 27.3. The summed E-state index contributed by atoms with van der Waals surface area (Å²) in [5.74, 6) is -0.309. The van der Waals surface area contributed by atoms with Crippen LogP contribution < -0.4 is 5.32 Å². The van der Waals surface area contributed by atoms with E-state index in [2.05, 4.69) is 11.4 Å². The molecule has 6 nitrogen and oxygen atoms in total. The molecule has 2 aromatic rings. The maximum atomic E-state index is 13.0. The van der Waals surface area contributed by atoms with Gasteiger partial charge in [0, 0.05) is 13.1 Å². The van der Waals surface area contributed by atoms with Crippen LogP contribution in [0.25, 0.3) is 0 Å². The van der Waals surface area contributed by atoms with E-state index in [1.807, 2.05) is 6.07 Å². The van der Waals surface area contributed by atoms with Gasteiger partial charge in [0.2, 0.25) is 15.9 Å². The predicted molar refractivity (Wildman–Crippen MR) is 101 cm³/mol. The van der Waals surface area contributed by atoms with Crippen molar-refractivity contribution >= 4 is 15.9 Å². The maximum Gasteiger partial charge on any atom is 0.243 e. The van der Waals surface area contributed by atoms with Crippen molar-refractivity contribution in [3.8, 4) is 6.07 Å². The normalized spacial score (nSPS) is 17.8. The summed E-state index contributed by atoms with van der Waals surface area (Å²) in [7, 11) is -3.72. The highest BCUT2D eigenvalue weighted by Crippen LogP contribution is 2.25. The van der Waals surface area contributed by atoms with Crippen molar-refractivity contribution in [3.63, 3.8) is 0 Å². The van der Waals surface area contributed by atoms with Crippen LogP contribution in [-0.4, -0.2) is 31.2 Å². The van der Waals surface area contributed by atoms with Crippen LogP contribution in [0.3, 0.4) is 0 Å². The fourth-order valence-electron chi connectivity index (χ4n) is 3.24. The summed E-state index contributed by atoms with van der Waals surface area (Å²) in [6, 6.07) is 16.5. The second-order valence-corrected chi connectivity index (χ2v) is 8.36. The van der Waals surface area contributed by atoms with Gasteiger partial charge in [-0.25, -0.2) is 8.42 Å². The van der Waals surface area contributed by atoms with Crippen molar-refractivity contribution in [2.75, 3.05) is 6.54 Å². The van der Waals surface area contributed by atoms with E-state index in [9.17, 15) is 13.2 Å². The number of piperidine rings is 1. The lowest BCUT2D eigenvalue weighted by Gasteiger charge is -2.33. The van der Waals surface area contributed by atoms with Crippen LogP contribution in [0.4, 0.5) is 0 Å². The Balaban J connectivity index is 1.75. The molecule has 1 amide bonds. The number of hydrogen-bond donors (Lipinski definition) is 1. The molecule has 1 aliphatic heterocycles. The van der Waals surface area contributed by atoms with E-state index in [0.717, 1.165) is 18.4 Å². The standard InChI is InChI=1S/C20H21N3O3S/c21-14-16-7-6-8-17(13-16)15-22-20(24)19-11-4-5-12-23(19)27(25,26)18-9-2-1-3-10-18/h1-3,6-10,13,19H,4-5,11-12,15H2,(H,22,24). The first-order valence-corrected chi connectivity index (χ1v) is 10.3. The van der Waals surface area contributed by atoms with E-state index in [1.165, 1.54) is 4.31 Å². The summed E-state index contributed by atoms with van der Waals surface area (Å²) in [5.41, 5.74) is 1.32. The number of nitriles is 1. The van der Waals surface area contributed by atoms with Crippen LogP contribution in [0.15, 0.2) is 59.5 Å². The Morgan fingerprint density at radius 2 is 1.93 bits per heavy atom. The van der Waals surface area contributed by atoms with Gasteiger partial charge in [0.25, 0.3) is 0 Å². The minimum atomic E-state index is -3.72. The van der Waals surface area contributed by atoms with E-state index in [-0.39, 0.29) is 17.3 Å². The largest absolute Gasteiger partial charge is 0.351 e. The number of carbonyl (C=O) groups is 1. The van der Waals surface area contributed by atoms with Crippen LogP contribution in [0.2, 0.25) is 0 Å². The van der Waals surface area contributed by atoms with Gasteiger partial charge in [-0.3, -0.25) is 4.79 Å². The molecule has 1 fully saturated rings. The topological polar surface area (TPSA) is 90.3 Å². The van der Waals surface area contributed by atoms with E-state index in [1.54, 1.807) is 48.5 Å². The molecule has 0 saturated carbocycles. The number of hydrogen-bond acceptors (Lipinski definition) is 4. The molecule has 1 N–H and O–H groups in total. The fraction of sp³-hybridized carbons (Fsp3) is 0.300. The summed E-state index contributed by atoms with van der Waals surface area (Å²) in [6.07, 6.45) is 2.04. The van der Waals surface area contributed by atoms with E-state index >= 15 is 0 Å². The maximum absolute atomic E-state index is 13.0. The van der Waals surface area contributed by atoms with Crippen molar-refractivity contribution in [2.24, 2.45) is 0 Å². The molecule has 1 atom stereocenters. The van der Waals surface area contributed by atoms with Crippen molar-refractivity contribution in [1.82, 2.24) is 9.62 Å². The molecule has 0 aliphatic carbocycles. The molecule has 7 heteroatoms. The van der Waals surface area contributed by atoms with Crippen molar-refractivity contribution < 1.29 is 13.2 Å². The number of amides is 1. The Bertz CT molecular complexity index is 952. The molecular weight excluding hydrogens is 362 g/mol. The van der Waals surface area contributed by atoms with Gasteiger partial charge in [-0.05, 0) is 42.7 Å². The lowest BCUT2D eigenvalue weighted by molar-refractivity contribution is -0.125. The second kappa shape index (κ2) is 8.33. The highest BCUT2D eigenvalue weighted by atomic mass is 32.2. The van der Waals surface area contributed by atoms with Crippen LogP contribution in [0, 0.1) is 11.3 Å². The monoisotopic (exact) mass is 383 g/mol. The van der Waals surface area contributed by atoms with Crippen molar-refractivity contribution in [2.45, 2.75) is 36.7 Å². The molecule has 140 valence electrons. The molecule has 27 heavy (non-hydrogen) atoms. The average Bonchev–Trinajstić information content (AvgIpc) is 2.72. The van der Waals surface area contributed by atoms with Crippen molar-refractivity contribution in [1.29, 1.82) is 5.26 Å². The first kappa shape index (κ1) is 19.1. The Morgan fingerprint density at radius 1 is 1.15 bits per heavy atom. The summed E-state index contributed by atoms with van der Waals surface area (Å²) in [4.78, 5) is 12.9. The zero-order valence-corrected chi connectivity index (χ0v) is 15.7. The molecular formula is C20H21N3O3S. The molecule has 0 bridgehead atoms. The van der Waals surface area contributed by atoms with E-state index in [0.29, 0.717) is 18.5 Å². The quantitative estimate of drug-likeness (QED) is 0.858. The Morgan fingerprint density at radius 3 is 2.67 bits per heavy atom. The molecule has 1 heterocycles. The number of rotatable bonds is 5. The molecule has 0 aromatic heterocycles. The third-order valence-corrected chi connectivity index (χ3v) is 6.55. The van der Waals surface area contributed by atoms with Gasteiger partial charge in [-0.1, -0.05) is 36.8 Å². The Labute approximate surface area is 159 Å². The van der Waals surface area contributed by atoms with Gasteiger partial charge >= 0.3 is 0 Å². The number of benzene rings is 2. The number of nitrogens with one attached hydrogen (secondary N) is 1. The first-order valence-electron chi connectivity index (χ1n) is 8.86. The summed E-state index contributed by atoms with van der Waals surface area (Å²) >= 11 is 0. The SMILES string of the molecule is N#Cc1cccc(CNC(=O)C2CCCCN2S(=O)(=O)c2ccccc2)c1. The van der Waals surface area contributed by atoms with Crippen LogP contribution >= 0.6 is 0 Å². The zero-order chi connectivity index (χ0) is 19.3. The first-order chi connectivity index (χ1) is 13.0. The predicted octanol–water partition coefficient (Wildman–Crippen LogP) is 2.42. The molecule has 1 saturated heterocycles. The van der Waals surface area contributed by atoms with Gasteiger partial charge in [0.15, 0.2) is 0 Å². The van der Waals surface area contributed by atoms with Crippen LogP contribution in [-0.2, 0) is 21.4 Å². The van der Waals surface area contributed by atoms with Gasteiger partial charge in [-0.15, -0.1) is 0 Å². The molecule has 0 radical (unpaired) electrons. The van der Waals surface area contributed by atoms with Crippen molar-refractivity contribution in [3.05, 3.63) is 65.7 Å². The molecule has 3 rings (SSSR count). The van der Waals surface area contributed by atoms with Crippen LogP contribution in [0.1, 0.15) is 30.4 Å². The Hall–Kier alpha value is -2.69. The lowest BCUT2D eigenvalue weighted by Crippen LogP contribution is -2.51. The molecule has 1 unspecified atom stereocenters. The zero-order valence-electron chi connectivity index (χ0n) is 14.8. The summed E-state index contributed by atoms with van der Waals surface area (Å²) in [5, 5.41) is 11.8. The average molecular weight is 383 g/mol. The van der Waals surface area contributed by atoms with Gasteiger partial charge < -0.3 is 5.32 Å². The minimum Gasteiger partial charge on any atom is -0.351 e. The second-order valence-electron chi connectivity index (χ2n) is 6.47. The van der Waals surface area contributed by atoms with Gasteiger partial charge in [0.05, 0.1) is 16.5 Å². The smallest absolute Gasteiger partial charge is 0.243 e. The van der Waals surface area contributed by atoms with Gasteiger partial charge in [-0.2, -0.15) is 9.57 Å². The molecule has 1 aliphatic rings. The van der Waals surface area contributed by atoms with Gasteiger partial charge in [0.1, 0.15) is 6.04 Å². The third kappa shape index (κ3) is 4.35. The highest BCUT2D eigenvalue weighted by Gasteiger charge is 2.37. The van der Waals surface area contributed by atoms with E-state index < -0.39 is 16.1 Å². The number of carbonyl (C=O) groups excluding carboxylic acids is 1. The summed E-state index contributed by atoms with van der Waals surface area (Å²) in [6.45, 7) is 0.587. The lowest BCUT2D eigenvalue weighted by atomic mass is 10.0. The third-order valence-electron chi connectivity index (χ3n) is 4.63. The Kier molecular flexibility index (Phi) is 5.89. The number of sulfonamides is 1.